The van der Waals surface area contributed by atoms with E-state index in [1.54, 1.807) is 19.1 Å². The van der Waals surface area contributed by atoms with E-state index >= 15 is 0 Å². The predicted molar refractivity (Wildman–Crippen MR) is 95.1 cm³/mol. The van der Waals surface area contributed by atoms with Crippen LogP contribution in [0.3, 0.4) is 0 Å². The minimum absolute atomic E-state index is 0.0534. The van der Waals surface area contributed by atoms with Crippen molar-refractivity contribution in [3.05, 3.63) is 46.6 Å². The minimum atomic E-state index is -4.12. The SMILES string of the molecule is CCOc1ncccc1S(=O)(=O)NC(=O)Cc1cc(Cl)cc2c1OCC2. The Morgan fingerprint density at radius 3 is 3.00 bits per heavy atom. The van der Waals surface area contributed by atoms with Gasteiger partial charge in [-0.25, -0.2) is 18.1 Å². The van der Waals surface area contributed by atoms with Crippen LogP contribution in [0.2, 0.25) is 5.02 Å². The molecule has 0 aliphatic carbocycles. The molecule has 1 aromatic heterocycles. The lowest BCUT2D eigenvalue weighted by atomic mass is 10.1. The molecule has 1 aromatic carbocycles. The Hall–Kier alpha value is -2.32. The number of pyridine rings is 1. The van der Waals surface area contributed by atoms with Gasteiger partial charge in [0.25, 0.3) is 10.0 Å². The number of fused-ring (bicyclic) bond motifs is 1. The summed E-state index contributed by atoms with van der Waals surface area (Å²) < 4.78 is 37.8. The number of hydrogen-bond acceptors (Lipinski definition) is 6. The van der Waals surface area contributed by atoms with Gasteiger partial charge >= 0.3 is 0 Å². The lowest BCUT2D eigenvalue weighted by molar-refractivity contribution is -0.118. The molecule has 1 aliphatic heterocycles. The van der Waals surface area contributed by atoms with Crippen molar-refractivity contribution in [3.63, 3.8) is 0 Å². The van der Waals surface area contributed by atoms with Gasteiger partial charge in [-0.1, -0.05) is 11.6 Å². The molecule has 0 unspecified atom stereocenters. The van der Waals surface area contributed by atoms with Crippen molar-refractivity contribution in [2.45, 2.75) is 24.7 Å². The van der Waals surface area contributed by atoms with Crippen LogP contribution < -0.4 is 14.2 Å². The Bertz CT molecular complexity index is 946. The summed E-state index contributed by atoms with van der Waals surface area (Å²) in [5, 5.41) is 0.478. The second-order valence-corrected chi connectivity index (χ2v) is 7.68. The maximum atomic E-state index is 12.5. The highest BCUT2D eigenvalue weighted by molar-refractivity contribution is 7.90. The van der Waals surface area contributed by atoms with E-state index in [2.05, 4.69) is 4.98 Å². The smallest absolute Gasteiger partial charge is 0.269 e. The van der Waals surface area contributed by atoms with Crippen LogP contribution in [-0.2, 0) is 27.7 Å². The van der Waals surface area contributed by atoms with E-state index in [-0.39, 0.29) is 23.8 Å². The fourth-order valence-electron chi connectivity index (χ4n) is 2.72. The van der Waals surface area contributed by atoms with Crippen LogP contribution in [0.1, 0.15) is 18.1 Å². The summed E-state index contributed by atoms with van der Waals surface area (Å²) in [4.78, 5) is 16.0. The van der Waals surface area contributed by atoms with Crippen LogP contribution in [0.15, 0.2) is 35.4 Å². The van der Waals surface area contributed by atoms with Crippen LogP contribution in [0.5, 0.6) is 11.6 Å². The van der Waals surface area contributed by atoms with E-state index in [0.717, 1.165) is 5.56 Å². The molecule has 9 heteroatoms. The van der Waals surface area contributed by atoms with Crippen molar-refractivity contribution in [2.24, 2.45) is 0 Å². The molecule has 1 N–H and O–H groups in total. The molecule has 7 nitrogen and oxygen atoms in total. The number of carbonyl (C=O) groups excluding carboxylic acids is 1. The minimum Gasteiger partial charge on any atom is -0.493 e. The van der Waals surface area contributed by atoms with Gasteiger partial charge in [0.1, 0.15) is 10.6 Å². The molecule has 1 amide bonds. The largest absolute Gasteiger partial charge is 0.493 e. The lowest BCUT2D eigenvalue weighted by Crippen LogP contribution is -2.32. The molecule has 2 heterocycles. The van der Waals surface area contributed by atoms with Gasteiger partial charge in [0.05, 0.1) is 19.6 Å². The molecule has 0 bridgehead atoms. The van der Waals surface area contributed by atoms with Crippen molar-refractivity contribution in [1.29, 1.82) is 0 Å². The summed E-state index contributed by atoms with van der Waals surface area (Å²) in [6.07, 6.45) is 1.95. The first-order valence-electron chi connectivity index (χ1n) is 7.98. The molecule has 2 aromatic rings. The second-order valence-electron chi connectivity index (χ2n) is 5.60. The third-order valence-corrected chi connectivity index (χ3v) is 5.34. The van der Waals surface area contributed by atoms with Crippen molar-refractivity contribution in [1.82, 2.24) is 9.71 Å². The number of rotatable bonds is 6. The van der Waals surface area contributed by atoms with Crippen molar-refractivity contribution in [2.75, 3.05) is 13.2 Å². The average molecular weight is 397 g/mol. The number of halogens is 1. The maximum absolute atomic E-state index is 12.5. The number of hydrogen-bond donors (Lipinski definition) is 1. The van der Waals surface area contributed by atoms with Gasteiger partial charge in [-0.2, -0.15) is 0 Å². The van der Waals surface area contributed by atoms with E-state index in [0.29, 0.717) is 29.4 Å². The van der Waals surface area contributed by atoms with E-state index in [9.17, 15) is 13.2 Å². The van der Waals surface area contributed by atoms with Gasteiger partial charge in [0.15, 0.2) is 0 Å². The summed E-state index contributed by atoms with van der Waals surface area (Å²) in [6.45, 7) is 2.47. The van der Waals surface area contributed by atoms with Crippen molar-refractivity contribution < 1.29 is 22.7 Å². The zero-order valence-electron chi connectivity index (χ0n) is 14.0. The van der Waals surface area contributed by atoms with Gasteiger partial charge in [-0.15, -0.1) is 0 Å². The third kappa shape index (κ3) is 3.91. The second kappa shape index (κ2) is 7.51. The summed E-state index contributed by atoms with van der Waals surface area (Å²) >= 11 is 6.07. The van der Waals surface area contributed by atoms with E-state index in [1.807, 2.05) is 4.72 Å². The van der Waals surface area contributed by atoms with Crippen LogP contribution >= 0.6 is 11.6 Å². The van der Waals surface area contributed by atoms with Crippen molar-refractivity contribution in [3.8, 4) is 11.6 Å². The van der Waals surface area contributed by atoms with Gasteiger partial charge in [-0.3, -0.25) is 4.79 Å². The predicted octanol–water partition coefficient (Wildman–Crippen LogP) is 2.12. The molecule has 1 aliphatic rings. The third-order valence-electron chi connectivity index (χ3n) is 3.73. The highest BCUT2D eigenvalue weighted by Crippen LogP contribution is 2.33. The van der Waals surface area contributed by atoms with Crippen LogP contribution in [0.25, 0.3) is 0 Å². The molecule has 0 saturated heterocycles. The molecule has 138 valence electrons. The number of sulfonamides is 1. The molecule has 3 rings (SSSR count). The fourth-order valence-corrected chi connectivity index (χ4v) is 4.06. The van der Waals surface area contributed by atoms with Gasteiger partial charge in [0, 0.05) is 23.2 Å². The molecule has 0 fully saturated rings. The number of benzene rings is 1. The summed E-state index contributed by atoms with van der Waals surface area (Å²) in [5.74, 6) is -0.156. The molecular weight excluding hydrogens is 380 g/mol. The monoisotopic (exact) mass is 396 g/mol. The molecule has 0 atom stereocenters. The number of carbonyl (C=O) groups is 1. The summed E-state index contributed by atoms with van der Waals surface area (Å²) in [7, 11) is -4.12. The van der Waals surface area contributed by atoms with Gasteiger partial charge < -0.3 is 9.47 Å². The first-order chi connectivity index (χ1) is 12.4. The lowest BCUT2D eigenvalue weighted by Gasteiger charge is -2.12. The van der Waals surface area contributed by atoms with Gasteiger partial charge in [0.2, 0.25) is 11.8 Å². The highest BCUT2D eigenvalue weighted by atomic mass is 35.5. The first-order valence-corrected chi connectivity index (χ1v) is 9.84. The zero-order chi connectivity index (χ0) is 18.7. The van der Waals surface area contributed by atoms with E-state index < -0.39 is 15.9 Å². The molecule has 0 radical (unpaired) electrons. The topological polar surface area (TPSA) is 94.6 Å². The Kier molecular flexibility index (Phi) is 5.33. The Morgan fingerprint density at radius 1 is 1.42 bits per heavy atom. The zero-order valence-corrected chi connectivity index (χ0v) is 15.6. The average Bonchev–Trinajstić information content (AvgIpc) is 3.03. The number of aromatic nitrogens is 1. The first kappa shape index (κ1) is 18.5. The van der Waals surface area contributed by atoms with E-state index in [1.165, 1.54) is 18.3 Å². The highest BCUT2D eigenvalue weighted by Gasteiger charge is 2.25. The van der Waals surface area contributed by atoms with Crippen LogP contribution in [0.4, 0.5) is 0 Å². The standard InChI is InChI=1S/C17H17ClN2O5S/c1-2-24-17-14(4-3-6-19-17)26(22,23)20-15(21)10-12-9-13(18)8-11-5-7-25-16(11)12/h3-4,6,8-9H,2,5,7,10H2,1H3,(H,20,21). The summed E-state index contributed by atoms with van der Waals surface area (Å²) in [6, 6.07) is 6.17. The number of nitrogens with zero attached hydrogens (tertiary/aromatic N) is 1. The quantitative estimate of drug-likeness (QED) is 0.803. The Labute approximate surface area is 156 Å². The molecular formula is C17H17ClN2O5S. The number of nitrogens with one attached hydrogen (secondary N) is 1. The Balaban J connectivity index is 1.81. The van der Waals surface area contributed by atoms with Crippen LogP contribution in [0, 0.1) is 0 Å². The number of amides is 1. The fraction of sp³-hybridized carbons (Fsp3) is 0.294. The summed E-state index contributed by atoms with van der Waals surface area (Å²) in [5.41, 5.74) is 1.46. The number of ether oxygens (including phenoxy) is 2. The molecule has 26 heavy (non-hydrogen) atoms. The molecule has 0 saturated carbocycles. The van der Waals surface area contributed by atoms with Crippen molar-refractivity contribution >= 4 is 27.5 Å². The normalized spacial score (nSPS) is 13.0. The van der Waals surface area contributed by atoms with Crippen LogP contribution in [-0.4, -0.2) is 32.5 Å². The van der Waals surface area contributed by atoms with E-state index in [4.69, 9.17) is 21.1 Å². The molecule has 0 spiro atoms. The maximum Gasteiger partial charge on any atom is 0.269 e. The Morgan fingerprint density at radius 2 is 2.23 bits per heavy atom. The van der Waals surface area contributed by atoms with Gasteiger partial charge in [-0.05, 0) is 36.8 Å².